The molecule has 0 unspecified atom stereocenters. The van der Waals surface area contributed by atoms with Gasteiger partial charge in [-0.15, -0.1) is 0 Å². The fourth-order valence-electron chi connectivity index (χ4n) is 4.38. The average molecular weight is 532 g/mol. The lowest BCUT2D eigenvalue weighted by molar-refractivity contribution is -0.132. The molecule has 1 heterocycles. The van der Waals surface area contributed by atoms with Crippen LogP contribution in [0.15, 0.2) is 83.8 Å². The number of carbonyl (C=O) groups is 1. The number of hydrogen-bond acceptors (Lipinski definition) is 3. The lowest BCUT2D eigenvalue weighted by Crippen LogP contribution is -2.45. The van der Waals surface area contributed by atoms with Crippen LogP contribution in [0.5, 0.6) is 0 Å². The molecule has 4 rings (SSSR count). The van der Waals surface area contributed by atoms with Gasteiger partial charge in [0.15, 0.2) is 0 Å². The Morgan fingerprint density at radius 3 is 2.17 bits per heavy atom. The third-order valence-electron chi connectivity index (χ3n) is 6.40. The molecule has 1 saturated heterocycles. The molecule has 0 N–H and O–H groups in total. The zero-order valence-corrected chi connectivity index (χ0v) is 21.6. The molecule has 3 aromatic rings. The first kappa shape index (κ1) is 25.7. The van der Waals surface area contributed by atoms with E-state index in [9.17, 15) is 13.2 Å². The number of carbonyl (C=O) groups excluding carboxylic acids is 1. The third kappa shape index (κ3) is 6.64. The van der Waals surface area contributed by atoms with Crippen molar-refractivity contribution < 1.29 is 13.2 Å². The van der Waals surface area contributed by atoms with Gasteiger partial charge in [-0.05, 0) is 66.6 Å². The lowest BCUT2D eigenvalue weighted by atomic mass is 9.90. The number of halogens is 2. The maximum Gasteiger partial charge on any atom is 0.243 e. The zero-order chi connectivity index (χ0) is 24.8. The predicted octanol–water partition coefficient (Wildman–Crippen LogP) is 5.67. The molecule has 0 saturated carbocycles. The van der Waals surface area contributed by atoms with Crippen molar-refractivity contribution in [2.24, 2.45) is 5.92 Å². The topological polar surface area (TPSA) is 57.7 Å². The summed E-state index contributed by atoms with van der Waals surface area (Å²) in [5, 5.41) is 0.897. The van der Waals surface area contributed by atoms with Gasteiger partial charge in [-0.2, -0.15) is 4.31 Å². The number of benzene rings is 3. The number of piperidine rings is 1. The summed E-state index contributed by atoms with van der Waals surface area (Å²) in [6.07, 6.45) is 2.79. The summed E-state index contributed by atoms with van der Waals surface area (Å²) >= 11 is 12.3. The Bertz CT molecular complexity index is 1240. The van der Waals surface area contributed by atoms with E-state index in [1.54, 1.807) is 29.2 Å². The van der Waals surface area contributed by atoms with Crippen LogP contribution < -0.4 is 0 Å². The molecule has 0 radical (unpaired) electrons. The van der Waals surface area contributed by atoms with E-state index < -0.39 is 10.0 Å². The van der Waals surface area contributed by atoms with Gasteiger partial charge in [0.25, 0.3) is 0 Å². The fourth-order valence-corrected chi connectivity index (χ4v) is 6.07. The van der Waals surface area contributed by atoms with E-state index in [2.05, 4.69) is 12.1 Å². The minimum absolute atomic E-state index is 0.000839. The second-order valence-electron chi connectivity index (χ2n) is 8.83. The van der Waals surface area contributed by atoms with Gasteiger partial charge in [-0.3, -0.25) is 4.79 Å². The van der Waals surface area contributed by atoms with E-state index >= 15 is 0 Å². The molecular weight excluding hydrogens is 503 g/mol. The number of nitrogens with zero attached hydrogens (tertiary/aromatic N) is 2. The maximum absolute atomic E-state index is 13.5. The van der Waals surface area contributed by atoms with Gasteiger partial charge in [0.1, 0.15) is 0 Å². The Morgan fingerprint density at radius 2 is 1.51 bits per heavy atom. The summed E-state index contributed by atoms with van der Waals surface area (Å²) in [4.78, 5) is 15.1. The largest absolute Gasteiger partial charge is 0.342 e. The Hall–Kier alpha value is -2.38. The number of sulfonamides is 1. The molecule has 35 heavy (non-hydrogen) atoms. The molecule has 8 heteroatoms. The van der Waals surface area contributed by atoms with Gasteiger partial charge in [-0.25, -0.2) is 8.42 Å². The van der Waals surface area contributed by atoms with Crippen LogP contribution in [0.4, 0.5) is 0 Å². The molecule has 1 aliphatic rings. The summed E-state index contributed by atoms with van der Waals surface area (Å²) in [6.45, 7) is 0.995. The highest BCUT2D eigenvalue weighted by atomic mass is 35.5. The highest BCUT2D eigenvalue weighted by Crippen LogP contribution is 2.25. The summed E-state index contributed by atoms with van der Waals surface area (Å²) in [5.74, 6) is 0.311. The molecule has 184 valence electrons. The van der Waals surface area contributed by atoms with Crippen LogP contribution in [0.2, 0.25) is 10.0 Å². The van der Waals surface area contributed by atoms with Crippen molar-refractivity contribution in [2.45, 2.75) is 30.7 Å². The van der Waals surface area contributed by atoms with Crippen molar-refractivity contribution in [3.63, 3.8) is 0 Å². The van der Waals surface area contributed by atoms with E-state index in [1.165, 1.54) is 34.1 Å². The average Bonchev–Trinajstić information content (AvgIpc) is 2.86. The summed E-state index contributed by atoms with van der Waals surface area (Å²) < 4.78 is 28.2. The molecule has 1 amide bonds. The van der Waals surface area contributed by atoms with Crippen molar-refractivity contribution in [2.75, 3.05) is 19.6 Å². The summed E-state index contributed by atoms with van der Waals surface area (Å²) in [6, 6.07) is 23.4. The molecular formula is C27H28Cl2N2O3S. The van der Waals surface area contributed by atoms with Crippen molar-refractivity contribution in [3.05, 3.63) is 100 Å². The standard InChI is InChI=1S/C27H28Cl2N2O3S/c28-24-10-12-25(13-11-24)35(33,34)31(19-23-8-4-5-9-26(23)29)20-27(32)30-16-14-22(15-17-30)18-21-6-2-1-3-7-21/h1-13,22H,14-20H2. The molecule has 0 spiro atoms. The van der Waals surface area contributed by atoms with E-state index in [-0.39, 0.29) is 23.9 Å². The van der Waals surface area contributed by atoms with Gasteiger partial charge in [0, 0.05) is 29.7 Å². The van der Waals surface area contributed by atoms with Crippen molar-refractivity contribution in [3.8, 4) is 0 Å². The van der Waals surface area contributed by atoms with Crippen molar-refractivity contribution >= 4 is 39.1 Å². The van der Waals surface area contributed by atoms with Gasteiger partial charge in [0.2, 0.25) is 15.9 Å². The third-order valence-corrected chi connectivity index (χ3v) is 8.83. The van der Waals surface area contributed by atoms with Gasteiger partial charge in [-0.1, -0.05) is 71.7 Å². The normalized spacial score (nSPS) is 14.9. The smallest absolute Gasteiger partial charge is 0.243 e. The first-order valence-electron chi connectivity index (χ1n) is 11.6. The van der Waals surface area contributed by atoms with Crippen LogP contribution in [-0.2, 0) is 27.8 Å². The molecule has 3 aromatic carbocycles. The Kier molecular flexibility index (Phi) is 8.50. The first-order valence-corrected chi connectivity index (χ1v) is 13.8. The van der Waals surface area contributed by atoms with E-state index in [0.717, 1.165) is 19.3 Å². The fraction of sp³-hybridized carbons (Fsp3) is 0.296. The molecule has 5 nitrogen and oxygen atoms in total. The van der Waals surface area contributed by atoms with Crippen LogP contribution >= 0.6 is 23.2 Å². The number of rotatable bonds is 8. The van der Waals surface area contributed by atoms with Crippen LogP contribution in [0.3, 0.4) is 0 Å². The van der Waals surface area contributed by atoms with Gasteiger partial charge >= 0.3 is 0 Å². The first-order chi connectivity index (χ1) is 16.8. The molecule has 1 aliphatic heterocycles. The van der Waals surface area contributed by atoms with Crippen LogP contribution in [0.25, 0.3) is 0 Å². The minimum atomic E-state index is -3.95. The number of hydrogen-bond donors (Lipinski definition) is 0. The van der Waals surface area contributed by atoms with Crippen LogP contribution in [0.1, 0.15) is 24.0 Å². The Labute approximate surface area is 217 Å². The molecule has 0 bridgehead atoms. The highest BCUT2D eigenvalue weighted by Gasteiger charge is 2.31. The van der Waals surface area contributed by atoms with Crippen LogP contribution in [-0.4, -0.2) is 43.2 Å². The Balaban J connectivity index is 1.47. The lowest BCUT2D eigenvalue weighted by Gasteiger charge is -2.33. The summed E-state index contributed by atoms with van der Waals surface area (Å²) in [7, 11) is -3.95. The summed E-state index contributed by atoms with van der Waals surface area (Å²) in [5.41, 5.74) is 1.94. The van der Waals surface area contributed by atoms with E-state index in [0.29, 0.717) is 34.6 Å². The maximum atomic E-state index is 13.5. The molecule has 0 atom stereocenters. The van der Waals surface area contributed by atoms with Gasteiger partial charge < -0.3 is 4.90 Å². The molecule has 1 fully saturated rings. The molecule has 0 aliphatic carbocycles. The second kappa shape index (κ2) is 11.6. The minimum Gasteiger partial charge on any atom is -0.342 e. The predicted molar refractivity (Wildman–Crippen MR) is 140 cm³/mol. The monoisotopic (exact) mass is 530 g/mol. The van der Waals surface area contributed by atoms with Crippen molar-refractivity contribution in [1.29, 1.82) is 0 Å². The molecule has 0 aromatic heterocycles. The van der Waals surface area contributed by atoms with Crippen LogP contribution in [0, 0.1) is 5.92 Å². The van der Waals surface area contributed by atoms with Crippen molar-refractivity contribution in [1.82, 2.24) is 9.21 Å². The second-order valence-corrected chi connectivity index (χ2v) is 11.6. The number of amides is 1. The SMILES string of the molecule is O=C(CN(Cc1ccccc1Cl)S(=O)(=O)c1ccc(Cl)cc1)N1CCC(Cc2ccccc2)CC1. The Morgan fingerprint density at radius 1 is 0.886 bits per heavy atom. The van der Waals surface area contributed by atoms with E-state index in [4.69, 9.17) is 23.2 Å². The van der Waals surface area contributed by atoms with E-state index in [1.807, 2.05) is 18.2 Å². The quantitative estimate of drug-likeness (QED) is 0.377. The van der Waals surface area contributed by atoms with Gasteiger partial charge in [0.05, 0.1) is 11.4 Å². The zero-order valence-electron chi connectivity index (χ0n) is 19.3. The number of likely N-dealkylation sites (tertiary alicyclic amines) is 1. The highest BCUT2D eigenvalue weighted by molar-refractivity contribution is 7.89.